The first kappa shape index (κ1) is 36.6. The van der Waals surface area contributed by atoms with Crippen molar-refractivity contribution in [1.29, 1.82) is 0 Å². The van der Waals surface area contributed by atoms with Crippen LogP contribution in [0.2, 0.25) is 0 Å². The van der Waals surface area contributed by atoms with Crippen molar-refractivity contribution in [3.8, 4) is 0 Å². The van der Waals surface area contributed by atoms with E-state index < -0.39 is 0 Å². The van der Waals surface area contributed by atoms with E-state index in [4.69, 9.17) is 9.47 Å². The van der Waals surface area contributed by atoms with Gasteiger partial charge >= 0.3 is 11.9 Å². The SMILES string of the molecule is CC(C)[C@H]1CC[C@H](C)C[C@@H]1OC(=O)c1ccc2cc3c(cc2c1)[C@@H]1C[C@H]3c2cc3c(cc21)[C@@H]1C[C@H]3c2cc3cc(C(=O)O[C@H]4C[C@@H](C)CC[C@@H]4C(C)C)ccc3cc21. The summed E-state index contributed by atoms with van der Waals surface area (Å²) < 4.78 is 12.5. The molecule has 0 radical (unpaired) electrons. The Balaban J connectivity index is 0.854. The average molecular weight is 771 g/mol. The molecular formula is C54H58O4. The number of hydrogen-bond acceptors (Lipinski definition) is 4. The second-order valence-electron chi connectivity index (χ2n) is 20.4. The molecule has 6 aliphatic carbocycles. The van der Waals surface area contributed by atoms with E-state index in [1.54, 1.807) is 0 Å². The Morgan fingerprint density at radius 3 is 1.16 bits per heavy atom. The molecule has 0 N–H and O–H groups in total. The fraction of sp³-hybridized carbons (Fsp3) is 0.481. The fourth-order valence-corrected chi connectivity index (χ4v) is 13.1. The van der Waals surface area contributed by atoms with Crippen molar-refractivity contribution in [3.63, 3.8) is 0 Å². The van der Waals surface area contributed by atoms with Gasteiger partial charge in [0.05, 0.1) is 11.1 Å². The standard InChI is InChI=1S/C54H58O4/c1-27(2)37-13-7-29(5)15-51(37)57-53(55)33-11-9-31-19-39-41(21-35(31)17-33)45-23-43(39)47-26-50-46-24-44(48(50)25-49(45)47)40-20-32-10-12-34(18-36(32)22-42(40)46)54(56)58-52-16-30(6)8-14-38(52)28(3)4/h9-12,17-22,25-30,37-38,43-46,51-52H,7-8,13-16,23-24H2,1-6H3/t29-,30-,37+,38+,43+,44+,45-,46-,51-,52-/m0/s1. The molecule has 0 heterocycles. The number of benzene rings is 5. The van der Waals surface area contributed by atoms with Crippen LogP contribution in [0.3, 0.4) is 0 Å². The van der Waals surface area contributed by atoms with E-state index in [1.165, 1.54) is 68.1 Å². The molecule has 0 aromatic heterocycles. The van der Waals surface area contributed by atoms with Crippen molar-refractivity contribution in [1.82, 2.24) is 0 Å². The van der Waals surface area contributed by atoms with Crippen LogP contribution in [0.5, 0.6) is 0 Å². The second kappa shape index (κ2) is 13.5. The van der Waals surface area contributed by atoms with Crippen molar-refractivity contribution < 1.29 is 19.1 Å². The van der Waals surface area contributed by atoms with Gasteiger partial charge in [-0.25, -0.2) is 9.59 Å². The minimum absolute atomic E-state index is 0.00148. The molecule has 0 saturated heterocycles. The Morgan fingerprint density at radius 2 is 0.793 bits per heavy atom. The van der Waals surface area contributed by atoms with E-state index in [9.17, 15) is 9.59 Å². The Morgan fingerprint density at radius 1 is 0.448 bits per heavy atom. The highest BCUT2D eigenvalue weighted by Gasteiger charge is 2.47. The van der Waals surface area contributed by atoms with E-state index in [-0.39, 0.29) is 24.1 Å². The number of carbonyl (C=O) groups is 2. The van der Waals surface area contributed by atoms with Crippen LogP contribution in [0, 0.1) is 35.5 Å². The van der Waals surface area contributed by atoms with Crippen LogP contribution in [0.15, 0.2) is 72.8 Å². The third-order valence-corrected chi connectivity index (χ3v) is 16.2. The Kier molecular flexibility index (Phi) is 8.55. The van der Waals surface area contributed by atoms with Crippen molar-refractivity contribution in [2.45, 2.75) is 129 Å². The molecule has 5 aromatic rings. The quantitative estimate of drug-likeness (QED) is 0.161. The lowest BCUT2D eigenvalue weighted by Gasteiger charge is -2.36. The number of esters is 2. The first-order chi connectivity index (χ1) is 28.0. The zero-order chi connectivity index (χ0) is 39.7. The number of rotatable bonds is 6. The molecule has 0 aliphatic heterocycles. The van der Waals surface area contributed by atoms with Gasteiger partial charge in [0.25, 0.3) is 0 Å². The lowest BCUT2D eigenvalue weighted by molar-refractivity contribution is -0.0181. The van der Waals surface area contributed by atoms with Gasteiger partial charge in [-0.1, -0.05) is 103 Å². The minimum atomic E-state index is -0.176. The molecule has 4 heteroatoms. The molecule has 4 bridgehead atoms. The topological polar surface area (TPSA) is 52.6 Å². The lowest BCUT2D eigenvalue weighted by Crippen LogP contribution is -2.35. The summed E-state index contributed by atoms with van der Waals surface area (Å²) in [6, 6.07) is 27.1. The van der Waals surface area contributed by atoms with Gasteiger partial charge < -0.3 is 9.47 Å². The largest absolute Gasteiger partial charge is 0.458 e. The highest BCUT2D eigenvalue weighted by atomic mass is 16.5. The summed E-state index contributed by atoms with van der Waals surface area (Å²) in [6.45, 7) is 13.6. The Bertz CT molecular complexity index is 2350. The van der Waals surface area contributed by atoms with E-state index in [2.05, 4.69) is 102 Å². The third-order valence-electron chi connectivity index (χ3n) is 16.2. The predicted molar refractivity (Wildman–Crippen MR) is 232 cm³/mol. The maximum atomic E-state index is 13.6. The predicted octanol–water partition coefficient (Wildman–Crippen LogP) is 13.2. The van der Waals surface area contributed by atoms with Crippen LogP contribution < -0.4 is 0 Å². The van der Waals surface area contributed by atoms with Crippen molar-refractivity contribution in [3.05, 3.63) is 128 Å². The van der Waals surface area contributed by atoms with Gasteiger partial charge in [0, 0.05) is 23.7 Å². The van der Waals surface area contributed by atoms with Crippen LogP contribution in [0.1, 0.15) is 182 Å². The van der Waals surface area contributed by atoms with E-state index >= 15 is 0 Å². The lowest BCUT2D eigenvalue weighted by atomic mass is 9.75. The van der Waals surface area contributed by atoms with Crippen LogP contribution >= 0.6 is 0 Å². The van der Waals surface area contributed by atoms with Gasteiger partial charge in [0.2, 0.25) is 0 Å². The maximum absolute atomic E-state index is 13.6. The summed E-state index contributed by atoms with van der Waals surface area (Å²) in [5.74, 6) is 4.36. The molecule has 10 atom stereocenters. The molecule has 58 heavy (non-hydrogen) atoms. The van der Waals surface area contributed by atoms with E-state index in [0.717, 1.165) is 49.3 Å². The van der Waals surface area contributed by atoms with Crippen LogP contribution in [-0.2, 0) is 9.47 Å². The molecule has 0 unspecified atom stereocenters. The summed E-state index contributed by atoms with van der Waals surface area (Å²) in [5, 5.41) is 4.68. The van der Waals surface area contributed by atoms with Crippen LogP contribution in [-0.4, -0.2) is 24.1 Å². The molecule has 298 valence electrons. The molecule has 0 amide bonds. The monoisotopic (exact) mass is 770 g/mol. The van der Waals surface area contributed by atoms with Gasteiger partial charge in [0.1, 0.15) is 12.2 Å². The highest BCUT2D eigenvalue weighted by molar-refractivity contribution is 5.97. The molecule has 5 aromatic carbocycles. The number of carbonyl (C=O) groups excluding carboxylic acids is 2. The van der Waals surface area contributed by atoms with Crippen LogP contribution in [0.25, 0.3) is 21.5 Å². The maximum Gasteiger partial charge on any atom is 0.338 e. The molecular weight excluding hydrogens is 713 g/mol. The minimum Gasteiger partial charge on any atom is -0.458 e. The summed E-state index contributed by atoms with van der Waals surface area (Å²) >= 11 is 0. The Labute approximate surface area is 344 Å². The van der Waals surface area contributed by atoms with Gasteiger partial charge in [-0.3, -0.25) is 0 Å². The average Bonchev–Trinajstić information content (AvgIpc) is 3.96. The van der Waals surface area contributed by atoms with Crippen molar-refractivity contribution >= 4 is 33.5 Å². The van der Waals surface area contributed by atoms with Crippen molar-refractivity contribution in [2.24, 2.45) is 35.5 Å². The molecule has 0 spiro atoms. The second-order valence-corrected chi connectivity index (χ2v) is 20.4. The number of hydrogen-bond donors (Lipinski definition) is 0. The number of ether oxygens (including phenoxy) is 2. The first-order valence-electron chi connectivity index (χ1n) is 22.7. The van der Waals surface area contributed by atoms with E-state index in [0.29, 0.717) is 70.3 Å². The normalized spacial score (nSPS) is 30.1. The molecule has 2 fully saturated rings. The van der Waals surface area contributed by atoms with Gasteiger partial charge in [-0.15, -0.1) is 0 Å². The summed E-state index contributed by atoms with van der Waals surface area (Å²) in [5.41, 5.74) is 13.2. The van der Waals surface area contributed by atoms with Crippen LogP contribution in [0.4, 0.5) is 0 Å². The zero-order valence-corrected chi connectivity index (χ0v) is 35.1. The van der Waals surface area contributed by atoms with Crippen molar-refractivity contribution in [2.75, 3.05) is 0 Å². The van der Waals surface area contributed by atoms with Gasteiger partial charge in [-0.05, 0) is 164 Å². The Hall–Kier alpha value is -4.44. The third kappa shape index (κ3) is 5.74. The molecule has 2 saturated carbocycles. The number of fused-ring (bicyclic) bond motifs is 18. The zero-order valence-electron chi connectivity index (χ0n) is 35.1. The highest BCUT2D eigenvalue weighted by Crippen LogP contribution is 2.63. The summed E-state index contributed by atoms with van der Waals surface area (Å²) in [4.78, 5) is 27.2. The van der Waals surface area contributed by atoms with Gasteiger partial charge in [0.15, 0.2) is 0 Å². The summed E-state index contributed by atoms with van der Waals surface area (Å²) in [6.07, 6.45) is 8.91. The first-order valence-corrected chi connectivity index (χ1v) is 22.7. The molecule has 11 rings (SSSR count). The fourth-order valence-electron chi connectivity index (χ4n) is 13.1. The summed E-state index contributed by atoms with van der Waals surface area (Å²) in [7, 11) is 0. The molecule has 4 nitrogen and oxygen atoms in total. The van der Waals surface area contributed by atoms with Gasteiger partial charge in [-0.2, -0.15) is 0 Å². The van der Waals surface area contributed by atoms with E-state index in [1.807, 2.05) is 12.1 Å². The smallest absolute Gasteiger partial charge is 0.338 e. The molecule has 6 aliphatic rings.